The lowest BCUT2D eigenvalue weighted by Gasteiger charge is -2.07. The summed E-state index contributed by atoms with van der Waals surface area (Å²) in [5.41, 5.74) is 0.0271. The molecule has 68 valence electrons. The zero-order valence-electron chi connectivity index (χ0n) is 7.17. The fraction of sp³-hybridized carbons (Fsp3) is 1.00. The maximum absolute atomic E-state index is 5.18. The van der Waals surface area contributed by atoms with Crippen LogP contribution < -0.4 is 5.32 Å². The summed E-state index contributed by atoms with van der Waals surface area (Å²) in [7, 11) is 1.69. The Hall–Kier alpha value is 0.230. The number of thiol groups is 1. The van der Waals surface area contributed by atoms with E-state index in [1.54, 1.807) is 7.11 Å². The maximum atomic E-state index is 5.18. The fourth-order valence-corrected chi connectivity index (χ4v) is 0.706. The first kappa shape index (κ1) is 11.2. The van der Waals surface area contributed by atoms with Gasteiger partial charge in [0.1, 0.15) is 0 Å². The van der Waals surface area contributed by atoms with Crippen molar-refractivity contribution in [3.8, 4) is 0 Å². The van der Waals surface area contributed by atoms with Gasteiger partial charge in [0.05, 0.1) is 18.6 Å². The van der Waals surface area contributed by atoms with Crippen LogP contribution in [0.4, 0.5) is 0 Å². The largest absolute Gasteiger partial charge is 0.383 e. The van der Waals surface area contributed by atoms with Crippen molar-refractivity contribution in [1.82, 2.24) is 5.32 Å². The summed E-state index contributed by atoms with van der Waals surface area (Å²) in [4.78, 5) is 0. The lowest BCUT2D eigenvalue weighted by molar-refractivity contribution is 0.124. The Morgan fingerprint density at radius 1 is 1.36 bits per heavy atom. The molecule has 0 aromatic rings. The molecule has 0 aromatic heterocycles. The zero-order valence-corrected chi connectivity index (χ0v) is 8.06. The van der Waals surface area contributed by atoms with Crippen molar-refractivity contribution in [1.29, 1.82) is 0 Å². The van der Waals surface area contributed by atoms with Crippen LogP contribution in [0, 0.1) is 0 Å². The van der Waals surface area contributed by atoms with E-state index in [0.29, 0.717) is 6.61 Å². The minimum absolute atomic E-state index is 0.0271. The van der Waals surface area contributed by atoms with Crippen molar-refractivity contribution >= 4 is 12.6 Å². The highest BCUT2D eigenvalue weighted by molar-refractivity contribution is 7.80. The van der Waals surface area contributed by atoms with Gasteiger partial charge in [-0.05, 0) is 6.92 Å². The van der Waals surface area contributed by atoms with Crippen molar-refractivity contribution < 1.29 is 9.47 Å². The Kier molecular flexibility index (Phi) is 8.50. The minimum atomic E-state index is 0.0271. The lowest BCUT2D eigenvalue weighted by Crippen LogP contribution is -2.24. The van der Waals surface area contributed by atoms with Crippen LogP contribution in [0.5, 0.6) is 0 Å². The molecule has 0 aliphatic carbocycles. The Labute approximate surface area is 73.9 Å². The van der Waals surface area contributed by atoms with Gasteiger partial charge in [-0.3, -0.25) is 0 Å². The molecule has 0 radical (unpaired) electrons. The standard InChI is InChI=1S/C7H17NO2S/c1-7(11)10-6-4-8-3-5-9-2/h7-8,11H,3-6H2,1-2H3. The minimum Gasteiger partial charge on any atom is -0.383 e. The molecule has 0 aliphatic rings. The quantitative estimate of drug-likeness (QED) is 0.339. The molecule has 0 fully saturated rings. The molecule has 0 saturated heterocycles. The van der Waals surface area contributed by atoms with Gasteiger partial charge in [0.2, 0.25) is 0 Å². The molecule has 4 heteroatoms. The molecule has 0 saturated carbocycles. The predicted molar refractivity (Wildman–Crippen MR) is 49.1 cm³/mol. The second kappa shape index (κ2) is 8.33. The highest BCUT2D eigenvalue weighted by Gasteiger charge is 1.91. The average molecular weight is 179 g/mol. The summed E-state index contributed by atoms with van der Waals surface area (Å²) in [5.74, 6) is 0. The number of hydrogen-bond acceptors (Lipinski definition) is 4. The molecule has 0 bridgehead atoms. The molecular weight excluding hydrogens is 162 g/mol. The average Bonchev–Trinajstić information content (AvgIpc) is 1.96. The van der Waals surface area contributed by atoms with Gasteiger partial charge < -0.3 is 14.8 Å². The Balaban J connectivity index is 2.80. The molecule has 0 aromatic carbocycles. The summed E-state index contributed by atoms with van der Waals surface area (Å²) < 4.78 is 10.0. The summed E-state index contributed by atoms with van der Waals surface area (Å²) >= 11 is 4.07. The van der Waals surface area contributed by atoms with Gasteiger partial charge in [0.25, 0.3) is 0 Å². The van der Waals surface area contributed by atoms with Crippen LogP contribution in [0.25, 0.3) is 0 Å². The van der Waals surface area contributed by atoms with Gasteiger partial charge in [-0.2, -0.15) is 0 Å². The first-order valence-corrected chi connectivity index (χ1v) is 4.28. The number of hydrogen-bond donors (Lipinski definition) is 2. The smallest absolute Gasteiger partial charge is 0.0972 e. The third-order valence-electron chi connectivity index (χ3n) is 1.12. The zero-order chi connectivity index (χ0) is 8.53. The molecule has 1 N–H and O–H groups in total. The molecule has 0 spiro atoms. The first-order valence-electron chi connectivity index (χ1n) is 3.76. The second-order valence-corrected chi connectivity index (χ2v) is 2.94. The van der Waals surface area contributed by atoms with Crippen molar-refractivity contribution in [3.63, 3.8) is 0 Å². The van der Waals surface area contributed by atoms with Crippen LogP contribution in [-0.4, -0.2) is 38.8 Å². The van der Waals surface area contributed by atoms with Gasteiger partial charge in [0.15, 0.2) is 0 Å². The van der Waals surface area contributed by atoms with E-state index in [1.807, 2.05) is 6.92 Å². The molecule has 3 nitrogen and oxygen atoms in total. The van der Waals surface area contributed by atoms with E-state index in [-0.39, 0.29) is 5.44 Å². The number of nitrogens with one attached hydrogen (secondary N) is 1. The van der Waals surface area contributed by atoms with Gasteiger partial charge in [-0.25, -0.2) is 0 Å². The monoisotopic (exact) mass is 179 g/mol. The van der Waals surface area contributed by atoms with E-state index in [2.05, 4.69) is 17.9 Å². The van der Waals surface area contributed by atoms with E-state index < -0.39 is 0 Å². The van der Waals surface area contributed by atoms with Gasteiger partial charge >= 0.3 is 0 Å². The van der Waals surface area contributed by atoms with E-state index in [9.17, 15) is 0 Å². The van der Waals surface area contributed by atoms with Crippen LogP contribution >= 0.6 is 12.6 Å². The molecular formula is C7H17NO2S. The molecule has 1 atom stereocenters. The lowest BCUT2D eigenvalue weighted by atomic mass is 10.6. The number of ether oxygens (including phenoxy) is 2. The Bertz CT molecular complexity index is 80.8. The Morgan fingerprint density at radius 3 is 2.55 bits per heavy atom. The van der Waals surface area contributed by atoms with Crippen molar-refractivity contribution in [2.45, 2.75) is 12.4 Å². The molecule has 0 rings (SSSR count). The maximum Gasteiger partial charge on any atom is 0.0972 e. The molecule has 0 aliphatic heterocycles. The SMILES string of the molecule is COCCNCCOC(C)S. The van der Waals surface area contributed by atoms with Crippen LogP contribution in [-0.2, 0) is 9.47 Å². The van der Waals surface area contributed by atoms with Crippen molar-refractivity contribution in [2.24, 2.45) is 0 Å². The van der Waals surface area contributed by atoms with E-state index >= 15 is 0 Å². The van der Waals surface area contributed by atoms with E-state index in [4.69, 9.17) is 9.47 Å². The Morgan fingerprint density at radius 2 is 2.00 bits per heavy atom. The summed E-state index contributed by atoms with van der Waals surface area (Å²) in [5, 5.41) is 3.16. The van der Waals surface area contributed by atoms with Crippen molar-refractivity contribution in [3.05, 3.63) is 0 Å². The van der Waals surface area contributed by atoms with Crippen LogP contribution in [0.15, 0.2) is 0 Å². The molecule has 1 unspecified atom stereocenters. The third kappa shape index (κ3) is 10.2. The topological polar surface area (TPSA) is 30.5 Å². The van der Waals surface area contributed by atoms with Gasteiger partial charge in [0, 0.05) is 20.2 Å². The summed E-state index contributed by atoms with van der Waals surface area (Å²) in [6.45, 7) is 5.08. The normalized spacial score (nSPS) is 13.4. The number of methoxy groups -OCH3 is 1. The second-order valence-electron chi connectivity index (χ2n) is 2.21. The number of rotatable bonds is 7. The highest BCUT2D eigenvalue weighted by atomic mass is 32.1. The van der Waals surface area contributed by atoms with Crippen LogP contribution in [0.3, 0.4) is 0 Å². The molecule has 0 heterocycles. The van der Waals surface area contributed by atoms with E-state index in [0.717, 1.165) is 19.7 Å². The van der Waals surface area contributed by atoms with Gasteiger partial charge in [-0.15, -0.1) is 12.6 Å². The first-order chi connectivity index (χ1) is 5.27. The molecule has 0 amide bonds. The van der Waals surface area contributed by atoms with Gasteiger partial charge in [-0.1, -0.05) is 0 Å². The molecule has 11 heavy (non-hydrogen) atoms. The predicted octanol–water partition coefficient (Wildman–Crippen LogP) is 0.515. The van der Waals surface area contributed by atoms with Crippen LogP contribution in [0.2, 0.25) is 0 Å². The third-order valence-corrected chi connectivity index (χ3v) is 1.27. The van der Waals surface area contributed by atoms with Crippen molar-refractivity contribution in [2.75, 3.05) is 33.4 Å². The van der Waals surface area contributed by atoms with E-state index in [1.165, 1.54) is 0 Å². The highest BCUT2D eigenvalue weighted by Crippen LogP contribution is 1.92. The van der Waals surface area contributed by atoms with Crippen LogP contribution in [0.1, 0.15) is 6.92 Å². The fourth-order valence-electron chi connectivity index (χ4n) is 0.601. The summed E-state index contributed by atoms with van der Waals surface area (Å²) in [6.07, 6.45) is 0. The summed E-state index contributed by atoms with van der Waals surface area (Å²) in [6, 6.07) is 0.